The molecule has 37 heavy (non-hydrogen) atoms. The lowest BCUT2D eigenvalue weighted by Gasteiger charge is -2.09. The van der Waals surface area contributed by atoms with Crippen molar-refractivity contribution in [2.24, 2.45) is 5.73 Å². The highest BCUT2D eigenvalue weighted by Gasteiger charge is 2.38. The first kappa shape index (κ1) is 29.0. The molecule has 0 fully saturated rings. The molecule has 200 valence electrons. The van der Waals surface area contributed by atoms with Crippen LogP contribution in [0.5, 0.6) is 0 Å². The molecule has 3 aromatic heterocycles. The first-order valence-corrected chi connectivity index (χ1v) is 9.45. The topological polar surface area (TPSA) is 140 Å². The lowest BCUT2D eigenvalue weighted by molar-refractivity contribution is -0.192. The van der Waals surface area contributed by atoms with E-state index < -0.39 is 66.0 Å². The molecule has 0 bridgehead atoms. The van der Waals surface area contributed by atoms with Gasteiger partial charge < -0.3 is 10.8 Å². The van der Waals surface area contributed by atoms with Gasteiger partial charge in [0.15, 0.2) is 11.6 Å². The average Bonchev–Trinajstić information content (AvgIpc) is 3.16. The molecule has 3 rings (SSSR count). The van der Waals surface area contributed by atoms with Gasteiger partial charge in [-0.2, -0.15) is 40.2 Å². The number of aliphatic carboxylic acids is 1. The normalized spacial score (nSPS) is 11.5. The number of nitrogens with one attached hydrogen (secondary N) is 1. The van der Waals surface area contributed by atoms with Gasteiger partial charge in [0.25, 0.3) is 6.08 Å². The first-order valence-electron chi connectivity index (χ1n) is 9.45. The van der Waals surface area contributed by atoms with Crippen molar-refractivity contribution < 1.29 is 49.4 Å². The monoisotopic (exact) mass is 544 g/mol. The highest BCUT2D eigenvalue weighted by atomic mass is 19.4. The Morgan fingerprint density at radius 2 is 1.65 bits per heavy atom. The minimum atomic E-state index is -5.08. The summed E-state index contributed by atoms with van der Waals surface area (Å²) in [7, 11) is 0. The number of halogens is 9. The summed E-state index contributed by atoms with van der Waals surface area (Å²) in [6, 6.07) is 2.74. The van der Waals surface area contributed by atoms with Crippen molar-refractivity contribution in [3.8, 4) is 16.9 Å². The molecule has 0 aliphatic heterocycles. The summed E-state index contributed by atoms with van der Waals surface area (Å²) in [6.07, 6.45) is -10.3. The van der Waals surface area contributed by atoms with Crippen LogP contribution in [0.15, 0.2) is 47.0 Å². The number of hydrogen-bond donors (Lipinski definition) is 3. The molecule has 4 N–H and O–H groups in total. The molecule has 0 aliphatic rings. The molecule has 3 aromatic rings. The number of carboxylic acids is 1. The van der Waals surface area contributed by atoms with E-state index in [-0.39, 0.29) is 17.0 Å². The van der Waals surface area contributed by atoms with E-state index in [4.69, 9.17) is 15.6 Å². The van der Waals surface area contributed by atoms with Crippen LogP contribution < -0.4 is 11.4 Å². The lowest BCUT2D eigenvalue weighted by atomic mass is 10.1. The van der Waals surface area contributed by atoms with Gasteiger partial charge in [-0.15, -0.1) is 0 Å². The molecule has 0 spiro atoms. The van der Waals surface area contributed by atoms with Crippen LogP contribution in [-0.4, -0.2) is 48.5 Å². The predicted octanol–water partition coefficient (Wildman–Crippen LogP) is 3.46. The van der Waals surface area contributed by atoms with E-state index in [1.54, 1.807) is 0 Å². The van der Waals surface area contributed by atoms with E-state index in [0.717, 1.165) is 30.6 Å². The third-order valence-electron chi connectivity index (χ3n) is 4.29. The van der Waals surface area contributed by atoms with E-state index in [2.05, 4.69) is 15.1 Å². The van der Waals surface area contributed by atoms with Crippen molar-refractivity contribution in [1.29, 1.82) is 0 Å². The number of aromatic amines is 1. The van der Waals surface area contributed by atoms with Gasteiger partial charge in [0.2, 0.25) is 0 Å². The molecular weight excluding hydrogens is 531 g/mol. The Kier molecular flexibility index (Phi) is 8.81. The number of nitrogens with zero attached hydrogens (tertiary/aromatic N) is 4. The molecule has 0 amide bonds. The van der Waals surface area contributed by atoms with E-state index in [0.29, 0.717) is 4.57 Å². The second kappa shape index (κ2) is 11.2. The summed E-state index contributed by atoms with van der Waals surface area (Å²) in [5.74, 6) is -4.56. The highest BCUT2D eigenvalue weighted by molar-refractivity contribution is 5.73. The molecule has 0 unspecified atom stereocenters. The molecule has 0 saturated heterocycles. The minimum Gasteiger partial charge on any atom is -0.475 e. The van der Waals surface area contributed by atoms with Crippen LogP contribution in [-0.2, 0) is 17.4 Å². The van der Waals surface area contributed by atoms with Crippen molar-refractivity contribution in [2.45, 2.75) is 18.8 Å². The van der Waals surface area contributed by atoms with E-state index in [1.165, 1.54) is 0 Å². The van der Waals surface area contributed by atoms with Crippen LogP contribution in [0.1, 0.15) is 11.5 Å². The number of rotatable bonds is 5. The average molecular weight is 544 g/mol. The molecule has 0 aromatic carbocycles. The van der Waals surface area contributed by atoms with Gasteiger partial charge in [0.05, 0.1) is 0 Å². The van der Waals surface area contributed by atoms with Crippen molar-refractivity contribution in [2.75, 3.05) is 6.54 Å². The van der Waals surface area contributed by atoms with Crippen molar-refractivity contribution in [3.63, 3.8) is 0 Å². The van der Waals surface area contributed by atoms with Crippen molar-refractivity contribution in [3.05, 3.63) is 70.1 Å². The molecule has 3 heterocycles. The number of hydrogen-bond acceptors (Lipinski definition) is 6. The van der Waals surface area contributed by atoms with Gasteiger partial charge in [0.1, 0.15) is 11.5 Å². The number of alkyl halides is 6. The van der Waals surface area contributed by atoms with Gasteiger partial charge in [-0.05, 0) is 12.1 Å². The summed E-state index contributed by atoms with van der Waals surface area (Å²) in [4.78, 5) is 28.0. The zero-order valence-electron chi connectivity index (χ0n) is 17.8. The fourth-order valence-electron chi connectivity index (χ4n) is 2.56. The van der Waals surface area contributed by atoms with E-state index >= 15 is 0 Å². The first-order chi connectivity index (χ1) is 17.1. The molecular formula is C19H13F9N6O3. The summed E-state index contributed by atoms with van der Waals surface area (Å²) in [5, 5.41) is 12.7. The molecule has 0 aliphatic carbocycles. The lowest BCUT2D eigenvalue weighted by Crippen LogP contribution is -2.21. The maximum absolute atomic E-state index is 14.7. The molecule has 0 saturated carbocycles. The number of aromatic nitrogens is 5. The largest absolute Gasteiger partial charge is 0.490 e. The van der Waals surface area contributed by atoms with Crippen LogP contribution in [0.4, 0.5) is 39.5 Å². The third-order valence-corrected chi connectivity index (χ3v) is 4.29. The quantitative estimate of drug-likeness (QED) is 0.418. The van der Waals surface area contributed by atoms with Gasteiger partial charge >= 0.3 is 24.0 Å². The summed E-state index contributed by atoms with van der Waals surface area (Å²) >= 11 is 0. The zero-order valence-corrected chi connectivity index (χ0v) is 17.8. The second-order valence-electron chi connectivity index (χ2n) is 6.79. The van der Waals surface area contributed by atoms with Crippen molar-refractivity contribution in [1.82, 2.24) is 24.7 Å². The SMILES string of the molecule is NCC(Cc1n[nH]c(=O)n1-c1ncc(-c2ccc(C(F)(F)F)nc2)cc1F)=C(F)F.O=C(O)C(F)(F)F. The maximum Gasteiger partial charge on any atom is 0.490 e. The number of carboxylic acid groups (broad SMARTS) is 1. The van der Waals surface area contributed by atoms with Crippen LogP contribution >= 0.6 is 0 Å². The van der Waals surface area contributed by atoms with Crippen molar-refractivity contribution >= 4 is 5.97 Å². The summed E-state index contributed by atoms with van der Waals surface area (Å²) < 4.78 is 111. The number of pyridine rings is 2. The molecule has 0 atom stereocenters. The van der Waals surface area contributed by atoms with Crippen LogP contribution in [0.25, 0.3) is 16.9 Å². The van der Waals surface area contributed by atoms with Gasteiger partial charge in [-0.1, -0.05) is 6.07 Å². The van der Waals surface area contributed by atoms with Crippen LogP contribution in [0.2, 0.25) is 0 Å². The van der Waals surface area contributed by atoms with E-state index in [9.17, 15) is 44.3 Å². The zero-order chi connectivity index (χ0) is 28.1. The number of H-pyrrole nitrogens is 1. The molecule has 18 heteroatoms. The predicted molar refractivity (Wildman–Crippen MR) is 106 cm³/mol. The smallest absolute Gasteiger partial charge is 0.475 e. The maximum atomic E-state index is 14.7. The van der Waals surface area contributed by atoms with E-state index in [1.807, 2.05) is 5.10 Å². The molecule has 9 nitrogen and oxygen atoms in total. The Morgan fingerprint density at radius 1 is 1.05 bits per heavy atom. The van der Waals surface area contributed by atoms with Gasteiger partial charge in [-0.25, -0.2) is 28.6 Å². The van der Waals surface area contributed by atoms with Crippen LogP contribution in [0, 0.1) is 5.82 Å². The Labute approximate surface area is 199 Å². The van der Waals surface area contributed by atoms with Crippen LogP contribution in [0.3, 0.4) is 0 Å². The fourth-order valence-corrected chi connectivity index (χ4v) is 2.56. The highest BCUT2D eigenvalue weighted by Crippen LogP contribution is 2.29. The standard InChI is InChI=1S/C17H12F6N6O.C2HF3O2/c18-11-3-10(8-1-2-12(25-6-8)17(21,22)23)7-26-15(11)29-13(27-28-16(29)30)4-9(5-24)14(19)20;3-2(4,5)1(6)7/h1-3,6-7H,4-5,24H2,(H,28,30);(H,6,7). The Bertz CT molecular complexity index is 1340. The summed E-state index contributed by atoms with van der Waals surface area (Å²) in [6.45, 7) is -0.501. The van der Waals surface area contributed by atoms with Gasteiger partial charge in [-0.3, -0.25) is 4.98 Å². The molecule has 0 radical (unpaired) electrons. The second-order valence-corrected chi connectivity index (χ2v) is 6.79. The Balaban J connectivity index is 0.000000604. The number of nitrogens with two attached hydrogens (primary N) is 1. The summed E-state index contributed by atoms with van der Waals surface area (Å²) in [5.41, 5.74) is 2.94. The third kappa shape index (κ3) is 7.38. The Hall–Kier alpha value is -4.22. The van der Waals surface area contributed by atoms with Gasteiger partial charge in [0, 0.05) is 42.1 Å². The number of carbonyl (C=O) groups is 1. The minimum absolute atomic E-state index is 0.0907. The fraction of sp³-hybridized carbons (Fsp3) is 0.211. The Morgan fingerprint density at radius 3 is 2.08 bits per heavy atom.